The Balaban J connectivity index is 1.84. The quantitative estimate of drug-likeness (QED) is 0.933. The number of fused-ring (bicyclic) bond motifs is 1. The maximum Gasteiger partial charge on any atom is 0.255 e. The molecular formula is C16H23N5O. The molecule has 1 fully saturated rings. The summed E-state index contributed by atoms with van der Waals surface area (Å²) >= 11 is 0. The van der Waals surface area contributed by atoms with Crippen LogP contribution >= 0.6 is 0 Å². The summed E-state index contributed by atoms with van der Waals surface area (Å²) in [6.07, 6.45) is 3.47. The molecule has 1 atom stereocenters. The van der Waals surface area contributed by atoms with Gasteiger partial charge in [-0.25, -0.2) is 9.67 Å². The number of hydrogen-bond donors (Lipinski definition) is 1. The van der Waals surface area contributed by atoms with Crippen molar-refractivity contribution in [2.45, 2.75) is 33.4 Å². The highest BCUT2D eigenvalue weighted by molar-refractivity contribution is 5.96. The number of rotatable bonds is 3. The lowest BCUT2D eigenvalue weighted by Gasteiger charge is -2.31. The third kappa shape index (κ3) is 2.97. The monoisotopic (exact) mass is 301 g/mol. The van der Waals surface area contributed by atoms with Gasteiger partial charge in [-0.1, -0.05) is 13.8 Å². The normalized spacial score (nSPS) is 19.1. The molecule has 3 heterocycles. The first kappa shape index (κ1) is 15.0. The Morgan fingerprint density at radius 1 is 1.45 bits per heavy atom. The smallest absolute Gasteiger partial charge is 0.255 e. The minimum absolute atomic E-state index is 0.0550. The van der Waals surface area contributed by atoms with Crippen LogP contribution in [0.3, 0.4) is 0 Å². The number of carbonyl (C=O) groups is 1. The van der Waals surface area contributed by atoms with E-state index < -0.39 is 0 Å². The maximum absolute atomic E-state index is 12.6. The molecule has 1 amide bonds. The number of amides is 1. The summed E-state index contributed by atoms with van der Waals surface area (Å²) in [7, 11) is 0. The topological polar surface area (TPSA) is 63.1 Å². The van der Waals surface area contributed by atoms with Crippen LogP contribution in [0.5, 0.6) is 0 Å². The molecule has 1 saturated heterocycles. The first-order chi connectivity index (χ1) is 10.5. The van der Waals surface area contributed by atoms with E-state index in [1.54, 1.807) is 12.4 Å². The molecule has 0 radical (unpaired) electrons. The minimum Gasteiger partial charge on any atom is -0.336 e. The molecule has 0 aromatic carbocycles. The van der Waals surface area contributed by atoms with Crippen molar-refractivity contribution in [1.82, 2.24) is 25.0 Å². The Bertz CT molecular complexity index is 678. The number of pyridine rings is 1. The first-order valence-electron chi connectivity index (χ1n) is 7.89. The van der Waals surface area contributed by atoms with Crippen molar-refractivity contribution < 1.29 is 4.79 Å². The number of nitrogens with one attached hydrogen (secondary N) is 1. The zero-order valence-corrected chi connectivity index (χ0v) is 13.4. The standard InChI is InChI=1S/C16H23N5O/c1-11(2)9-21-15-13(8-19-21)6-14(7-18-15)16(22)20-5-4-17-12(3)10-20/h6-8,11-12,17H,4-5,9-10H2,1-3H3. The molecule has 118 valence electrons. The molecule has 0 bridgehead atoms. The summed E-state index contributed by atoms with van der Waals surface area (Å²) in [5.74, 6) is 0.563. The van der Waals surface area contributed by atoms with Crippen molar-refractivity contribution in [3.8, 4) is 0 Å². The van der Waals surface area contributed by atoms with E-state index in [0.29, 0.717) is 17.5 Å². The van der Waals surface area contributed by atoms with Gasteiger partial charge in [0.2, 0.25) is 0 Å². The van der Waals surface area contributed by atoms with Gasteiger partial charge < -0.3 is 10.2 Å². The molecule has 2 aromatic rings. The van der Waals surface area contributed by atoms with Gasteiger partial charge in [0.15, 0.2) is 5.65 Å². The second-order valence-electron chi connectivity index (χ2n) is 6.46. The fourth-order valence-corrected chi connectivity index (χ4v) is 2.87. The van der Waals surface area contributed by atoms with Gasteiger partial charge in [-0.15, -0.1) is 0 Å². The predicted molar refractivity (Wildman–Crippen MR) is 85.7 cm³/mol. The Kier molecular flexibility index (Phi) is 4.11. The van der Waals surface area contributed by atoms with Crippen molar-refractivity contribution in [2.75, 3.05) is 19.6 Å². The Hall–Kier alpha value is -1.95. The molecule has 6 heteroatoms. The van der Waals surface area contributed by atoms with Crippen LogP contribution in [0, 0.1) is 5.92 Å². The summed E-state index contributed by atoms with van der Waals surface area (Å²) in [5, 5.41) is 8.65. The van der Waals surface area contributed by atoms with Gasteiger partial charge in [0, 0.05) is 43.8 Å². The lowest BCUT2D eigenvalue weighted by atomic mass is 10.1. The Labute approximate surface area is 130 Å². The van der Waals surface area contributed by atoms with E-state index in [4.69, 9.17) is 0 Å². The number of aromatic nitrogens is 3. The van der Waals surface area contributed by atoms with Gasteiger partial charge in [-0.2, -0.15) is 5.10 Å². The highest BCUT2D eigenvalue weighted by Crippen LogP contribution is 2.16. The maximum atomic E-state index is 12.6. The zero-order valence-electron chi connectivity index (χ0n) is 13.4. The first-order valence-corrected chi connectivity index (χ1v) is 7.89. The predicted octanol–water partition coefficient (Wildman–Crippen LogP) is 1.52. The molecule has 22 heavy (non-hydrogen) atoms. The summed E-state index contributed by atoms with van der Waals surface area (Å²) in [4.78, 5) is 19.0. The zero-order chi connectivity index (χ0) is 15.7. The average Bonchev–Trinajstić information content (AvgIpc) is 2.88. The van der Waals surface area contributed by atoms with E-state index in [1.807, 2.05) is 15.6 Å². The third-order valence-electron chi connectivity index (χ3n) is 3.92. The summed E-state index contributed by atoms with van der Waals surface area (Å²) < 4.78 is 1.90. The van der Waals surface area contributed by atoms with Crippen LogP contribution in [-0.2, 0) is 6.54 Å². The molecule has 1 unspecified atom stereocenters. The van der Waals surface area contributed by atoms with Gasteiger partial charge in [-0.05, 0) is 18.9 Å². The molecule has 1 N–H and O–H groups in total. The highest BCUT2D eigenvalue weighted by Gasteiger charge is 2.22. The van der Waals surface area contributed by atoms with Crippen molar-refractivity contribution in [3.63, 3.8) is 0 Å². The van der Waals surface area contributed by atoms with E-state index in [1.165, 1.54) is 0 Å². The van der Waals surface area contributed by atoms with Crippen molar-refractivity contribution in [2.24, 2.45) is 5.92 Å². The molecule has 1 aliphatic rings. The van der Waals surface area contributed by atoms with E-state index >= 15 is 0 Å². The van der Waals surface area contributed by atoms with Gasteiger partial charge in [0.05, 0.1) is 11.8 Å². The molecule has 0 spiro atoms. The summed E-state index contributed by atoms with van der Waals surface area (Å²) in [5.41, 5.74) is 1.49. The molecule has 3 rings (SSSR count). The SMILES string of the molecule is CC(C)Cn1ncc2cc(C(=O)N3CCNC(C)C3)cnc21. The van der Waals surface area contributed by atoms with Crippen LogP contribution in [0.15, 0.2) is 18.5 Å². The number of carbonyl (C=O) groups excluding carboxylic acids is 1. The molecule has 6 nitrogen and oxygen atoms in total. The fourth-order valence-electron chi connectivity index (χ4n) is 2.87. The van der Waals surface area contributed by atoms with Gasteiger partial charge in [0.25, 0.3) is 5.91 Å². The molecule has 1 aliphatic heterocycles. The van der Waals surface area contributed by atoms with Crippen LogP contribution in [0.2, 0.25) is 0 Å². The Morgan fingerprint density at radius 3 is 3.00 bits per heavy atom. The average molecular weight is 301 g/mol. The molecule has 2 aromatic heterocycles. The lowest BCUT2D eigenvalue weighted by Crippen LogP contribution is -2.51. The van der Waals surface area contributed by atoms with Crippen molar-refractivity contribution in [1.29, 1.82) is 0 Å². The second kappa shape index (κ2) is 6.04. The number of nitrogens with zero attached hydrogens (tertiary/aromatic N) is 4. The van der Waals surface area contributed by atoms with Crippen LogP contribution in [0.4, 0.5) is 0 Å². The van der Waals surface area contributed by atoms with Crippen LogP contribution in [0.1, 0.15) is 31.1 Å². The van der Waals surface area contributed by atoms with Crippen molar-refractivity contribution in [3.05, 3.63) is 24.0 Å². The van der Waals surface area contributed by atoms with E-state index in [9.17, 15) is 4.79 Å². The number of hydrogen-bond acceptors (Lipinski definition) is 4. The van der Waals surface area contributed by atoms with E-state index in [0.717, 1.165) is 37.2 Å². The third-order valence-corrected chi connectivity index (χ3v) is 3.92. The Morgan fingerprint density at radius 2 is 2.27 bits per heavy atom. The van der Waals surface area contributed by atoms with Gasteiger partial charge in [0.1, 0.15) is 0 Å². The fraction of sp³-hybridized carbons (Fsp3) is 0.562. The van der Waals surface area contributed by atoms with Gasteiger partial charge in [-0.3, -0.25) is 4.79 Å². The number of piperazine rings is 1. The summed E-state index contributed by atoms with van der Waals surface area (Å²) in [6, 6.07) is 2.24. The lowest BCUT2D eigenvalue weighted by molar-refractivity contribution is 0.0709. The molecular weight excluding hydrogens is 278 g/mol. The van der Waals surface area contributed by atoms with Crippen LogP contribution in [-0.4, -0.2) is 51.2 Å². The van der Waals surface area contributed by atoms with E-state index in [2.05, 4.69) is 36.2 Å². The van der Waals surface area contributed by atoms with Crippen LogP contribution < -0.4 is 5.32 Å². The van der Waals surface area contributed by atoms with Gasteiger partial charge >= 0.3 is 0 Å². The highest BCUT2D eigenvalue weighted by atomic mass is 16.2. The summed E-state index contributed by atoms with van der Waals surface area (Å²) in [6.45, 7) is 9.55. The van der Waals surface area contributed by atoms with Crippen LogP contribution in [0.25, 0.3) is 11.0 Å². The van der Waals surface area contributed by atoms with Crippen molar-refractivity contribution >= 4 is 16.9 Å². The van der Waals surface area contributed by atoms with E-state index in [-0.39, 0.29) is 5.91 Å². The largest absolute Gasteiger partial charge is 0.336 e. The minimum atomic E-state index is 0.0550. The molecule has 0 aliphatic carbocycles. The second-order valence-corrected chi connectivity index (χ2v) is 6.46. The molecule has 0 saturated carbocycles.